The minimum Gasteiger partial charge on any atom is -0.402 e. The summed E-state index contributed by atoms with van der Waals surface area (Å²) in [7, 11) is 1.82. The van der Waals surface area contributed by atoms with E-state index in [1.807, 2.05) is 31.4 Å². The van der Waals surface area contributed by atoms with Gasteiger partial charge in [-0.25, -0.2) is 0 Å². The molecule has 0 fully saturated rings. The van der Waals surface area contributed by atoms with E-state index in [0.717, 1.165) is 35.4 Å². The fraction of sp³-hybridized carbons (Fsp3) is 0.200. The molecule has 2 nitrogen and oxygen atoms in total. The van der Waals surface area contributed by atoms with Crippen LogP contribution in [0.4, 0.5) is 0 Å². The zero-order valence-corrected chi connectivity index (χ0v) is 10.2. The lowest BCUT2D eigenvalue weighted by Crippen LogP contribution is -2.00. The first-order valence-electron chi connectivity index (χ1n) is 5.52. The average molecular weight is 226 g/mol. The number of hydrogen-bond acceptors (Lipinski definition) is 2. The van der Waals surface area contributed by atoms with Crippen LogP contribution in [0.2, 0.25) is 0 Å². The van der Waals surface area contributed by atoms with E-state index in [1.165, 1.54) is 0 Å². The van der Waals surface area contributed by atoms with Crippen LogP contribution in [0.3, 0.4) is 0 Å². The molecule has 88 valence electrons. The van der Waals surface area contributed by atoms with Gasteiger partial charge in [0.05, 0.1) is 0 Å². The van der Waals surface area contributed by atoms with Crippen LogP contribution in [0.5, 0.6) is 0 Å². The fourth-order valence-electron chi connectivity index (χ4n) is 1.24. The Balaban J connectivity index is 2.58. The monoisotopic (exact) mass is 226 g/mol. The van der Waals surface area contributed by atoms with Gasteiger partial charge in [-0.3, -0.25) is 0 Å². The quantitative estimate of drug-likeness (QED) is 0.573. The van der Waals surface area contributed by atoms with Gasteiger partial charge in [-0.2, -0.15) is 0 Å². The highest BCUT2D eigenvalue weighted by Gasteiger charge is 1.99. The van der Waals surface area contributed by atoms with Crippen molar-refractivity contribution < 1.29 is 0 Å². The van der Waals surface area contributed by atoms with Crippen LogP contribution in [-0.2, 0) is 0 Å². The highest BCUT2D eigenvalue weighted by Crippen LogP contribution is 2.13. The van der Waals surface area contributed by atoms with Crippen LogP contribution >= 0.6 is 0 Å². The van der Waals surface area contributed by atoms with E-state index in [-0.39, 0.29) is 0 Å². The lowest BCUT2D eigenvalue weighted by Gasteiger charge is -2.05. The molecule has 1 aliphatic rings. The maximum absolute atomic E-state index is 5.67. The summed E-state index contributed by atoms with van der Waals surface area (Å²) in [5.41, 5.74) is 9.29. The molecule has 1 rings (SSSR count). The third-order valence-corrected chi connectivity index (χ3v) is 2.37. The van der Waals surface area contributed by atoms with Gasteiger partial charge in [-0.15, -0.1) is 0 Å². The lowest BCUT2D eigenvalue weighted by molar-refractivity contribution is 0.919. The Morgan fingerprint density at radius 3 is 2.71 bits per heavy atom. The molecule has 1 aliphatic carbocycles. The van der Waals surface area contributed by atoms with Gasteiger partial charge >= 0.3 is 0 Å². The second-order valence-electron chi connectivity index (χ2n) is 3.82. The molecule has 17 heavy (non-hydrogen) atoms. The summed E-state index contributed by atoms with van der Waals surface area (Å²) in [6.07, 6.45) is 9.38. The molecule has 0 aliphatic heterocycles. The van der Waals surface area contributed by atoms with Crippen molar-refractivity contribution >= 4 is 0 Å². The predicted molar refractivity (Wildman–Crippen MR) is 73.8 cm³/mol. The van der Waals surface area contributed by atoms with Crippen molar-refractivity contribution in [3.63, 3.8) is 0 Å². The molecular formula is C15H18N2. The summed E-state index contributed by atoms with van der Waals surface area (Å²) < 4.78 is 0. The highest BCUT2D eigenvalue weighted by molar-refractivity contribution is 5.45. The number of allylic oxidation sites excluding steroid dienone is 7. The molecule has 0 amide bonds. The van der Waals surface area contributed by atoms with Crippen molar-refractivity contribution in [1.82, 2.24) is 5.32 Å². The standard InChI is InChI=1S/C15H18N2/c1-12(4-6-13(2)17-3)5-7-14-8-10-15(16)11-9-14/h4,6,8,10,17H,1-2,9,11,16H2,3H3/b6-4-. The molecule has 0 saturated carbocycles. The summed E-state index contributed by atoms with van der Waals surface area (Å²) in [5, 5.41) is 2.93. The molecule has 0 aromatic heterocycles. The number of nitrogens with two attached hydrogens (primary N) is 1. The van der Waals surface area contributed by atoms with Gasteiger partial charge in [-0.1, -0.05) is 25.0 Å². The van der Waals surface area contributed by atoms with E-state index in [2.05, 4.69) is 30.3 Å². The van der Waals surface area contributed by atoms with E-state index in [0.29, 0.717) is 0 Å². The molecule has 0 spiro atoms. The molecule has 0 saturated heterocycles. The molecule has 3 N–H and O–H groups in total. The molecule has 0 aromatic rings. The summed E-state index contributed by atoms with van der Waals surface area (Å²) in [6, 6.07) is 0. The number of likely N-dealkylation sites (N-methyl/N-ethyl adjacent to an activating group) is 1. The summed E-state index contributed by atoms with van der Waals surface area (Å²) in [6.45, 7) is 7.65. The maximum Gasteiger partial charge on any atom is 0.0264 e. The van der Waals surface area contributed by atoms with E-state index in [1.54, 1.807) is 0 Å². The first kappa shape index (κ1) is 12.9. The van der Waals surface area contributed by atoms with Gasteiger partial charge in [0, 0.05) is 29.6 Å². The highest BCUT2D eigenvalue weighted by atomic mass is 14.8. The van der Waals surface area contributed by atoms with Gasteiger partial charge in [0.15, 0.2) is 0 Å². The third kappa shape index (κ3) is 4.94. The van der Waals surface area contributed by atoms with Crippen molar-refractivity contribution in [2.75, 3.05) is 7.05 Å². The van der Waals surface area contributed by atoms with Crippen molar-refractivity contribution in [2.45, 2.75) is 12.8 Å². The van der Waals surface area contributed by atoms with E-state index >= 15 is 0 Å². The molecule has 0 atom stereocenters. The summed E-state index contributed by atoms with van der Waals surface area (Å²) in [5.74, 6) is 6.10. The minimum absolute atomic E-state index is 0.768. The van der Waals surface area contributed by atoms with Crippen LogP contribution in [-0.4, -0.2) is 7.05 Å². The van der Waals surface area contributed by atoms with Gasteiger partial charge in [0.2, 0.25) is 0 Å². The van der Waals surface area contributed by atoms with Crippen molar-refractivity contribution in [1.29, 1.82) is 0 Å². The number of rotatable bonds is 3. The first-order chi connectivity index (χ1) is 8.11. The molecule has 0 bridgehead atoms. The fourth-order valence-corrected chi connectivity index (χ4v) is 1.24. The smallest absolute Gasteiger partial charge is 0.0264 e. The number of hydrogen-bond donors (Lipinski definition) is 2. The van der Waals surface area contributed by atoms with Crippen LogP contribution in [0.1, 0.15) is 12.8 Å². The largest absolute Gasteiger partial charge is 0.402 e. The summed E-state index contributed by atoms with van der Waals surface area (Å²) in [4.78, 5) is 0. The van der Waals surface area contributed by atoms with Gasteiger partial charge in [0.1, 0.15) is 0 Å². The number of nitrogens with one attached hydrogen (secondary N) is 1. The predicted octanol–water partition coefficient (Wildman–Crippen LogP) is 2.40. The molecule has 2 heteroatoms. The molecule has 0 radical (unpaired) electrons. The zero-order chi connectivity index (χ0) is 12.7. The molecule has 0 heterocycles. The topological polar surface area (TPSA) is 38.0 Å². The Kier molecular flexibility index (Phi) is 4.90. The second kappa shape index (κ2) is 6.44. The average Bonchev–Trinajstić information content (AvgIpc) is 2.35. The van der Waals surface area contributed by atoms with Crippen LogP contribution < -0.4 is 11.1 Å². The van der Waals surface area contributed by atoms with Gasteiger partial charge in [-0.05, 0) is 37.1 Å². The lowest BCUT2D eigenvalue weighted by atomic mass is 10.0. The second-order valence-corrected chi connectivity index (χ2v) is 3.82. The van der Waals surface area contributed by atoms with Crippen molar-refractivity contribution in [3.05, 3.63) is 60.0 Å². The minimum atomic E-state index is 0.768. The maximum atomic E-state index is 5.67. The van der Waals surface area contributed by atoms with Crippen LogP contribution in [0, 0.1) is 11.8 Å². The Morgan fingerprint density at radius 2 is 2.12 bits per heavy atom. The Labute approximate surface area is 103 Å². The Bertz CT molecular complexity index is 465. The van der Waals surface area contributed by atoms with Crippen molar-refractivity contribution in [2.24, 2.45) is 5.73 Å². The zero-order valence-electron chi connectivity index (χ0n) is 10.2. The molecular weight excluding hydrogens is 208 g/mol. The SMILES string of the molecule is C=C(C#CC1=CC=C(N)CC1)/C=C\C(=C)NC. The third-order valence-electron chi connectivity index (χ3n) is 2.37. The first-order valence-corrected chi connectivity index (χ1v) is 5.52. The van der Waals surface area contributed by atoms with E-state index < -0.39 is 0 Å². The van der Waals surface area contributed by atoms with Gasteiger partial charge in [0.25, 0.3) is 0 Å². The normalized spacial score (nSPS) is 14.4. The van der Waals surface area contributed by atoms with Crippen LogP contribution in [0.25, 0.3) is 0 Å². The van der Waals surface area contributed by atoms with Crippen molar-refractivity contribution in [3.8, 4) is 11.8 Å². The van der Waals surface area contributed by atoms with Crippen LogP contribution in [0.15, 0.2) is 60.0 Å². The molecule has 0 aromatic carbocycles. The Hall–Kier alpha value is -2.14. The van der Waals surface area contributed by atoms with Gasteiger partial charge < -0.3 is 11.1 Å². The molecule has 0 unspecified atom stereocenters. The van der Waals surface area contributed by atoms with E-state index in [4.69, 9.17) is 5.73 Å². The Morgan fingerprint density at radius 1 is 1.35 bits per heavy atom. The summed E-state index contributed by atoms with van der Waals surface area (Å²) >= 11 is 0. The van der Waals surface area contributed by atoms with E-state index in [9.17, 15) is 0 Å².